The predicted octanol–water partition coefficient (Wildman–Crippen LogP) is -0.233. The molecule has 1 aliphatic rings. The van der Waals surface area contributed by atoms with Gasteiger partial charge in [-0.3, -0.25) is 4.79 Å². The SMILES string of the molecule is Cc1cccc(NC(=O)C[C@H]2N[C@@H](C)[C@@H](O)[C@@H](O)[C@@H]2O)c1. The fourth-order valence-corrected chi connectivity index (χ4v) is 2.58. The molecular weight excluding hydrogens is 272 g/mol. The van der Waals surface area contributed by atoms with Crippen LogP contribution in [0.15, 0.2) is 24.3 Å². The van der Waals surface area contributed by atoms with Gasteiger partial charge in [0.2, 0.25) is 5.91 Å². The molecule has 1 saturated heterocycles. The van der Waals surface area contributed by atoms with Crippen LogP contribution in [0.4, 0.5) is 5.69 Å². The molecule has 6 nitrogen and oxygen atoms in total. The van der Waals surface area contributed by atoms with Crippen LogP contribution in [0.5, 0.6) is 0 Å². The van der Waals surface area contributed by atoms with E-state index in [9.17, 15) is 20.1 Å². The van der Waals surface area contributed by atoms with E-state index in [0.29, 0.717) is 5.69 Å². The van der Waals surface area contributed by atoms with Gasteiger partial charge in [0.15, 0.2) is 0 Å². The molecule has 21 heavy (non-hydrogen) atoms. The van der Waals surface area contributed by atoms with Crippen molar-refractivity contribution in [3.63, 3.8) is 0 Å². The van der Waals surface area contributed by atoms with Crippen molar-refractivity contribution in [3.05, 3.63) is 29.8 Å². The number of rotatable bonds is 3. The summed E-state index contributed by atoms with van der Waals surface area (Å²) in [5, 5.41) is 35.1. The molecule has 0 spiro atoms. The zero-order valence-electron chi connectivity index (χ0n) is 12.2. The third-order valence-electron chi connectivity index (χ3n) is 3.81. The van der Waals surface area contributed by atoms with Crippen LogP contribution in [-0.2, 0) is 4.79 Å². The molecule has 0 bridgehead atoms. The maximum atomic E-state index is 12.0. The van der Waals surface area contributed by atoms with Crippen LogP contribution in [-0.4, -0.2) is 51.6 Å². The first kappa shape index (κ1) is 15.9. The number of carbonyl (C=O) groups is 1. The van der Waals surface area contributed by atoms with E-state index in [2.05, 4.69) is 10.6 Å². The lowest BCUT2D eigenvalue weighted by Crippen LogP contribution is -2.64. The molecule has 0 unspecified atom stereocenters. The lowest BCUT2D eigenvalue weighted by molar-refractivity contribution is -0.126. The van der Waals surface area contributed by atoms with Crippen LogP contribution in [0.3, 0.4) is 0 Å². The van der Waals surface area contributed by atoms with Gasteiger partial charge in [-0.05, 0) is 31.5 Å². The zero-order valence-corrected chi connectivity index (χ0v) is 12.2. The predicted molar refractivity (Wildman–Crippen MR) is 78.8 cm³/mol. The van der Waals surface area contributed by atoms with Crippen molar-refractivity contribution in [1.82, 2.24) is 5.32 Å². The molecule has 0 radical (unpaired) electrons. The van der Waals surface area contributed by atoms with E-state index in [1.165, 1.54) is 0 Å². The van der Waals surface area contributed by atoms with Crippen molar-refractivity contribution in [2.75, 3.05) is 5.32 Å². The summed E-state index contributed by atoms with van der Waals surface area (Å²) in [5.41, 5.74) is 1.73. The fourth-order valence-electron chi connectivity index (χ4n) is 2.58. The Morgan fingerprint density at radius 2 is 1.95 bits per heavy atom. The van der Waals surface area contributed by atoms with Gasteiger partial charge >= 0.3 is 0 Å². The largest absolute Gasteiger partial charge is 0.389 e. The highest BCUT2D eigenvalue weighted by molar-refractivity contribution is 5.91. The van der Waals surface area contributed by atoms with Crippen LogP contribution in [0.25, 0.3) is 0 Å². The first-order valence-corrected chi connectivity index (χ1v) is 7.05. The van der Waals surface area contributed by atoms with Crippen molar-refractivity contribution in [2.45, 2.75) is 50.7 Å². The molecule has 1 fully saturated rings. The topological polar surface area (TPSA) is 102 Å². The van der Waals surface area contributed by atoms with E-state index in [1.54, 1.807) is 13.0 Å². The Hall–Kier alpha value is -1.47. The number of anilines is 1. The molecule has 0 aromatic heterocycles. The number of nitrogens with one attached hydrogen (secondary N) is 2. The fraction of sp³-hybridized carbons (Fsp3) is 0.533. The van der Waals surface area contributed by atoms with E-state index < -0.39 is 24.4 Å². The average molecular weight is 294 g/mol. The zero-order chi connectivity index (χ0) is 15.6. The molecule has 2 rings (SSSR count). The van der Waals surface area contributed by atoms with Crippen molar-refractivity contribution >= 4 is 11.6 Å². The maximum absolute atomic E-state index is 12.0. The molecule has 116 valence electrons. The van der Waals surface area contributed by atoms with Gasteiger partial charge in [-0.15, -0.1) is 0 Å². The number of benzene rings is 1. The van der Waals surface area contributed by atoms with Crippen molar-refractivity contribution < 1.29 is 20.1 Å². The normalized spacial score (nSPS) is 32.7. The average Bonchev–Trinajstić information content (AvgIpc) is 2.42. The van der Waals surface area contributed by atoms with Crippen LogP contribution in [0.2, 0.25) is 0 Å². The Kier molecular flexibility index (Phi) is 4.95. The quantitative estimate of drug-likeness (QED) is 0.530. The first-order chi connectivity index (χ1) is 9.88. The van der Waals surface area contributed by atoms with Gasteiger partial charge in [-0.2, -0.15) is 0 Å². The summed E-state index contributed by atoms with van der Waals surface area (Å²) >= 11 is 0. The molecule has 1 aromatic carbocycles. The molecule has 5 N–H and O–H groups in total. The lowest BCUT2D eigenvalue weighted by Gasteiger charge is -2.40. The second-order valence-corrected chi connectivity index (χ2v) is 5.66. The molecule has 6 heteroatoms. The number of piperidine rings is 1. The van der Waals surface area contributed by atoms with Crippen molar-refractivity contribution in [2.24, 2.45) is 0 Å². The van der Waals surface area contributed by atoms with E-state index in [-0.39, 0.29) is 18.4 Å². The van der Waals surface area contributed by atoms with Gasteiger partial charge in [0.1, 0.15) is 6.10 Å². The molecule has 1 heterocycles. The molecule has 1 aromatic rings. The molecule has 0 saturated carbocycles. The Bertz CT molecular complexity index is 508. The molecule has 5 atom stereocenters. The van der Waals surface area contributed by atoms with Gasteiger partial charge in [0.25, 0.3) is 0 Å². The Morgan fingerprint density at radius 1 is 1.24 bits per heavy atom. The Morgan fingerprint density at radius 3 is 2.62 bits per heavy atom. The van der Waals surface area contributed by atoms with Gasteiger partial charge in [-0.25, -0.2) is 0 Å². The number of carbonyl (C=O) groups excluding carboxylic acids is 1. The summed E-state index contributed by atoms with van der Waals surface area (Å²) in [5.74, 6) is -0.257. The van der Waals surface area contributed by atoms with Crippen LogP contribution >= 0.6 is 0 Å². The van der Waals surface area contributed by atoms with E-state index >= 15 is 0 Å². The number of hydrogen-bond acceptors (Lipinski definition) is 5. The maximum Gasteiger partial charge on any atom is 0.226 e. The third-order valence-corrected chi connectivity index (χ3v) is 3.81. The summed E-state index contributed by atoms with van der Waals surface area (Å²) in [6.45, 7) is 3.63. The van der Waals surface area contributed by atoms with E-state index in [1.807, 2.05) is 25.1 Å². The van der Waals surface area contributed by atoms with Gasteiger partial charge in [0.05, 0.1) is 12.2 Å². The van der Waals surface area contributed by atoms with Gasteiger partial charge in [0, 0.05) is 24.2 Å². The Balaban J connectivity index is 1.96. The third kappa shape index (κ3) is 3.79. The first-order valence-electron chi connectivity index (χ1n) is 7.05. The standard InChI is InChI=1S/C15H22N2O4/c1-8-4-3-5-10(6-8)17-12(18)7-11-14(20)15(21)13(19)9(2)16-11/h3-6,9,11,13-16,19-21H,7H2,1-2H3,(H,17,18)/t9-,11+,13+,14+,15+/m0/s1. The number of aryl methyl sites for hydroxylation is 1. The van der Waals surface area contributed by atoms with Crippen molar-refractivity contribution in [3.8, 4) is 0 Å². The summed E-state index contributed by atoms with van der Waals surface area (Å²) in [6.07, 6.45) is -3.46. The minimum absolute atomic E-state index is 0.0171. The summed E-state index contributed by atoms with van der Waals surface area (Å²) in [7, 11) is 0. The second-order valence-electron chi connectivity index (χ2n) is 5.66. The Labute approximate surface area is 123 Å². The van der Waals surface area contributed by atoms with Gasteiger partial charge in [-0.1, -0.05) is 12.1 Å². The minimum Gasteiger partial charge on any atom is -0.389 e. The number of aliphatic hydroxyl groups is 3. The van der Waals surface area contributed by atoms with Gasteiger partial charge < -0.3 is 26.0 Å². The lowest BCUT2D eigenvalue weighted by atomic mass is 9.89. The highest BCUT2D eigenvalue weighted by Gasteiger charge is 2.40. The van der Waals surface area contributed by atoms with Crippen LogP contribution < -0.4 is 10.6 Å². The molecule has 0 aliphatic carbocycles. The van der Waals surface area contributed by atoms with Crippen LogP contribution in [0, 0.1) is 6.92 Å². The summed E-state index contributed by atoms with van der Waals surface area (Å²) in [6, 6.07) is 6.44. The number of aliphatic hydroxyl groups excluding tert-OH is 3. The van der Waals surface area contributed by atoms with Crippen molar-refractivity contribution in [1.29, 1.82) is 0 Å². The number of hydrogen-bond donors (Lipinski definition) is 5. The molecule has 1 amide bonds. The second kappa shape index (κ2) is 6.53. The molecule has 1 aliphatic heterocycles. The summed E-state index contributed by atoms with van der Waals surface area (Å²) < 4.78 is 0. The smallest absolute Gasteiger partial charge is 0.226 e. The van der Waals surface area contributed by atoms with Crippen LogP contribution in [0.1, 0.15) is 18.9 Å². The summed E-state index contributed by atoms with van der Waals surface area (Å²) in [4.78, 5) is 12.0. The minimum atomic E-state index is -1.25. The highest BCUT2D eigenvalue weighted by Crippen LogP contribution is 2.18. The van der Waals surface area contributed by atoms with E-state index in [0.717, 1.165) is 5.56 Å². The number of amides is 1. The van der Waals surface area contributed by atoms with E-state index in [4.69, 9.17) is 0 Å². The molecular formula is C15H22N2O4. The monoisotopic (exact) mass is 294 g/mol. The highest BCUT2D eigenvalue weighted by atomic mass is 16.4.